The molecule has 3 atom stereocenters. The highest BCUT2D eigenvalue weighted by Gasteiger charge is 2.37. The molecule has 1 fully saturated rings. The fourth-order valence-corrected chi connectivity index (χ4v) is 2.83. The molecule has 2 rings (SSSR count). The Labute approximate surface area is 112 Å². The normalized spacial score (nSPS) is 23.9. The van der Waals surface area contributed by atoms with E-state index in [-0.39, 0.29) is 0 Å². The van der Waals surface area contributed by atoms with Crippen molar-refractivity contribution in [1.82, 2.24) is 4.90 Å². The van der Waals surface area contributed by atoms with Gasteiger partial charge in [-0.25, -0.2) is 0 Å². The van der Waals surface area contributed by atoms with Gasteiger partial charge in [0.05, 0.1) is 0 Å². The van der Waals surface area contributed by atoms with Gasteiger partial charge < -0.3 is 0 Å². The van der Waals surface area contributed by atoms with Crippen molar-refractivity contribution in [1.29, 1.82) is 0 Å². The predicted molar refractivity (Wildman–Crippen MR) is 78.7 cm³/mol. The van der Waals surface area contributed by atoms with Gasteiger partial charge >= 0.3 is 0 Å². The zero-order valence-electron chi connectivity index (χ0n) is 11.9. The van der Waals surface area contributed by atoms with Crippen LogP contribution in [0.15, 0.2) is 30.3 Å². The number of nitrogens with zero attached hydrogens (tertiary/aromatic N) is 1. The van der Waals surface area contributed by atoms with E-state index in [1.807, 2.05) is 0 Å². The molecule has 1 heterocycles. The van der Waals surface area contributed by atoms with Crippen LogP contribution in [0.3, 0.4) is 0 Å². The highest BCUT2D eigenvalue weighted by atomic mass is 15.3. The van der Waals surface area contributed by atoms with Crippen LogP contribution in [0.5, 0.6) is 0 Å². The van der Waals surface area contributed by atoms with Gasteiger partial charge in [0.1, 0.15) is 0 Å². The Kier molecular flexibility index (Phi) is 5.25. The molecule has 1 aliphatic rings. The quantitative estimate of drug-likeness (QED) is 0.470. The van der Waals surface area contributed by atoms with Crippen LogP contribution in [-0.2, 0) is 0 Å². The molecule has 1 aromatic rings. The molecule has 1 heteroatoms. The van der Waals surface area contributed by atoms with Crippen molar-refractivity contribution in [2.75, 3.05) is 6.54 Å². The molecule has 1 aromatic carbocycles. The van der Waals surface area contributed by atoms with E-state index >= 15 is 0 Å². The van der Waals surface area contributed by atoms with Gasteiger partial charge in [-0.05, 0) is 18.9 Å². The molecular weight excluding hydrogens is 218 g/mol. The van der Waals surface area contributed by atoms with Crippen molar-refractivity contribution >= 4 is 0 Å². The van der Waals surface area contributed by atoms with E-state index in [1.54, 1.807) is 0 Å². The van der Waals surface area contributed by atoms with Gasteiger partial charge in [0, 0.05) is 18.6 Å². The van der Waals surface area contributed by atoms with Gasteiger partial charge in [-0.2, -0.15) is 0 Å². The van der Waals surface area contributed by atoms with Gasteiger partial charge in [0.2, 0.25) is 0 Å². The van der Waals surface area contributed by atoms with Crippen molar-refractivity contribution in [2.45, 2.75) is 64.5 Å². The smallest absolute Gasteiger partial charge is 0.0324 e. The third-order valence-corrected chi connectivity index (χ3v) is 4.18. The Morgan fingerprint density at radius 1 is 1.11 bits per heavy atom. The van der Waals surface area contributed by atoms with Crippen LogP contribution in [0.1, 0.15) is 64.0 Å². The first-order valence-corrected chi connectivity index (χ1v) is 7.63. The lowest BCUT2D eigenvalue weighted by Gasteiger charge is -2.14. The van der Waals surface area contributed by atoms with E-state index in [0.717, 1.165) is 6.04 Å². The molecule has 0 aliphatic carbocycles. The second-order valence-corrected chi connectivity index (χ2v) is 5.64. The van der Waals surface area contributed by atoms with E-state index in [9.17, 15) is 0 Å². The largest absolute Gasteiger partial charge is 0.291 e. The topological polar surface area (TPSA) is 3.01 Å². The summed E-state index contributed by atoms with van der Waals surface area (Å²) in [6.45, 7) is 5.93. The van der Waals surface area contributed by atoms with Crippen molar-refractivity contribution in [3.63, 3.8) is 0 Å². The minimum absolute atomic E-state index is 0.604. The van der Waals surface area contributed by atoms with Gasteiger partial charge in [-0.15, -0.1) is 0 Å². The first-order valence-electron chi connectivity index (χ1n) is 7.63. The minimum atomic E-state index is 0.604. The first kappa shape index (κ1) is 13.6. The molecule has 18 heavy (non-hydrogen) atoms. The van der Waals surface area contributed by atoms with Crippen LogP contribution in [0, 0.1) is 0 Å². The monoisotopic (exact) mass is 245 g/mol. The van der Waals surface area contributed by atoms with E-state index in [1.165, 1.54) is 50.6 Å². The molecule has 0 aromatic heterocycles. The molecule has 0 amide bonds. The van der Waals surface area contributed by atoms with E-state index < -0.39 is 0 Å². The van der Waals surface area contributed by atoms with Crippen molar-refractivity contribution in [3.8, 4) is 0 Å². The number of benzene rings is 1. The molecule has 1 nitrogen and oxygen atoms in total. The molecule has 0 N–H and O–H groups in total. The maximum Gasteiger partial charge on any atom is 0.0324 e. The van der Waals surface area contributed by atoms with E-state index in [2.05, 4.69) is 49.1 Å². The SMILES string of the molecule is CCCCCCCC1CN1C(C)c1ccccc1. The average molecular weight is 245 g/mol. The predicted octanol–water partition coefficient (Wildman–Crippen LogP) is 4.79. The molecule has 0 radical (unpaired) electrons. The molecule has 0 bridgehead atoms. The standard InChI is InChI=1S/C17H27N/c1-3-4-5-6-10-13-17-14-18(17)15(2)16-11-8-7-9-12-16/h7-9,11-12,15,17H,3-6,10,13-14H2,1-2H3. The minimum Gasteiger partial charge on any atom is -0.291 e. The molecule has 1 saturated heterocycles. The number of hydrogen-bond donors (Lipinski definition) is 0. The molecule has 3 unspecified atom stereocenters. The Morgan fingerprint density at radius 3 is 2.56 bits per heavy atom. The van der Waals surface area contributed by atoms with Crippen LogP contribution >= 0.6 is 0 Å². The third kappa shape index (κ3) is 3.84. The first-order chi connectivity index (χ1) is 8.83. The summed E-state index contributed by atoms with van der Waals surface area (Å²) in [6, 6.07) is 12.4. The summed E-state index contributed by atoms with van der Waals surface area (Å²) in [6.07, 6.45) is 8.44. The Balaban J connectivity index is 1.65. The van der Waals surface area contributed by atoms with Crippen LogP contribution in [0.2, 0.25) is 0 Å². The third-order valence-electron chi connectivity index (χ3n) is 4.18. The summed E-state index contributed by atoms with van der Waals surface area (Å²) < 4.78 is 0. The highest BCUT2D eigenvalue weighted by Crippen LogP contribution is 2.34. The summed E-state index contributed by atoms with van der Waals surface area (Å²) in [5, 5.41) is 0. The lowest BCUT2D eigenvalue weighted by molar-refractivity contribution is 0.392. The van der Waals surface area contributed by atoms with Crippen LogP contribution in [0.25, 0.3) is 0 Å². The van der Waals surface area contributed by atoms with Gasteiger partial charge in [-0.1, -0.05) is 69.4 Å². The summed E-state index contributed by atoms with van der Waals surface area (Å²) in [5.74, 6) is 0. The van der Waals surface area contributed by atoms with Gasteiger partial charge in [-0.3, -0.25) is 4.90 Å². The highest BCUT2D eigenvalue weighted by molar-refractivity contribution is 5.20. The van der Waals surface area contributed by atoms with Gasteiger partial charge in [0.15, 0.2) is 0 Å². The van der Waals surface area contributed by atoms with E-state index in [0.29, 0.717) is 6.04 Å². The second kappa shape index (κ2) is 6.94. The zero-order valence-corrected chi connectivity index (χ0v) is 11.9. The number of unbranched alkanes of at least 4 members (excludes halogenated alkanes) is 4. The van der Waals surface area contributed by atoms with Crippen LogP contribution < -0.4 is 0 Å². The number of rotatable bonds is 8. The Morgan fingerprint density at radius 2 is 1.83 bits per heavy atom. The summed E-state index contributed by atoms with van der Waals surface area (Å²) in [4.78, 5) is 2.63. The van der Waals surface area contributed by atoms with Crippen molar-refractivity contribution in [2.24, 2.45) is 0 Å². The number of hydrogen-bond acceptors (Lipinski definition) is 1. The molecule has 0 saturated carbocycles. The average Bonchev–Trinajstić information content (AvgIpc) is 3.18. The molecule has 1 aliphatic heterocycles. The summed E-state index contributed by atoms with van der Waals surface area (Å²) in [7, 11) is 0. The fraction of sp³-hybridized carbons (Fsp3) is 0.647. The Bertz CT molecular complexity index is 333. The molecule has 0 spiro atoms. The Hall–Kier alpha value is -0.820. The second-order valence-electron chi connectivity index (χ2n) is 5.64. The zero-order chi connectivity index (χ0) is 12.8. The van der Waals surface area contributed by atoms with Gasteiger partial charge in [0.25, 0.3) is 0 Å². The van der Waals surface area contributed by atoms with E-state index in [4.69, 9.17) is 0 Å². The lowest BCUT2D eigenvalue weighted by atomic mass is 10.1. The summed E-state index contributed by atoms with van der Waals surface area (Å²) >= 11 is 0. The summed E-state index contributed by atoms with van der Waals surface area (Å²) in [5.41, 5.74) is 1.46. The van der Waals surface area contributed by atoms with Crippen LogP contribution in [0.4, 0.5) is 0 Å². The maximum atomic E-state index is 2.63. The lowest BCUT2D eigenvalue weighted by Crippen LogP contribution is -2.08. The van der Waals surface area contributed by atoms with Crippen LogP contribution in [-0.4, -0.2) is 17.5 Å². The molecule has 100 valence electrons. The fourth-order valence-electron chi connectivity index (χ4n) is 2.83. The maximum absolute atomic E-state index is 2.63. The van der Waals surface area contributed by atoms with Crippen molar-refractivity contribution < 1.29 is 0 Å². The van der Waals surface area contributed by atoms with Crippen molar-refractivity contribution in [3.05, 3.63) is 35.9 Å². The molecular formula is C17H27N.